The van der Waals surface area contributed by atoms with Crippen molar-refractivity contribution < 1.29 is 0 Å². The number of nitriles is 2. The summed E-state index contributed by atoms with van der Waals surface area (Å²) in [5, 5.41) is 34.6. The summed E-state index contributed by atoms with van der Waals surface area (Å²) < 4.78 is 9.36. The highest BCUT2D eigenvalue weighted by atomic mass is 15.1. The van der Waals surface area contributed by atoms with Crippen LogP contribution >= 0.6 is 0 Å². The molecule has 4 aromatic heterocycles. The van der Waals surface area contributed by atoms with Crippen molar-refractivity contribution >= 4 is 87.2 Å². The molecule has 15 aromatic rings. The molecule has 0 fully saturated rings. The quantitative estimate of drug-likeness (QED) is 0.176. The second-order valence-corrected chi connectivity index (χ2v) is 22.9. The van der Waals surface area contributed by atoms with Crippen molar-refractivity contribution in [2.24, 2.45) is 0 Å². The minimum atomic E-state index is -0.324. The van der Waals surface area contributed by atoms with Crippen molar-refractivity contribution in [3.8, 4) is 57.1 Å². The molecule has 11 aromatic carbocycles. The minimum Gasteiger partial charge on any atom is -0.306 e. The molecule has 2 aliphatic rings. The summed E-state index contributed by atoms with van der Waals surface area (Å²) in [7, 11) is 0. The molecule has 0 aliphatic heterocycles. The summed E-state index contributed by atoms with van der Waals surface area (Å²) in [6, 6.07) is 84.3. The van der Waals surface area contributed by atoms with Gasteiger partial charge in [0, 0.05) is 65.0 Å². The Kier molecular flexibility index (Phi) is 8.74. The van der Waals surface area contributed by atoms with Gasteiger partial charge in [-0.15, -0.1) is 0 Å². The smallest absolute Gasteiger partial charge is 0.104 e. The van der Waals surface area contributed by atoms with E-state index in [0.29, 0.717) is 33.9 Å². The molecule has 0 bridgehead atoms. The summed E-state index contributed by atoms with van der Waals surface area (Å²) in [6.45, 7) is 9.30. The van der Waals surface area contributed by atoms with Crippen LogP contribution in [0.3, 0.4) is 0 Å². The third-order valence-electron chi connectivity index (χ3n) is 18.4. The Labute approximate surface area is 461 Å². The Morgan fingerprint density at radius 2 is 0.537 bits per heavy atom. The molecule has 0 atom stereocenters. The van der Waals surface area contributed by atoms with Gasteiger partial charge >= 0.3 is 0 Å². The van der Waals surface area contributed by atoms with Crippen molar-refractivity contribution in [3.05, 3.63) is 252 Å². The molecule has 2 aliphatic carbocycles. The van der Waals surface area contributed by atoms with Crippen LogP contribution in [0.1, 0.15) is 61.1 Å². The predicted molar refractivity (Wildman–Crippen MR) is 328 cm³/mol. The SMILES string of the molecule is CC1(C)c2ccccc2-c2c1ccc1c3ccccc3n(-c3c(C#N)c(-n4c5ccccc5c5ccccc54)c(-n4c5ccccc5c5ccc6c(c54)-c4ccccc4C6(C)C)c(C#N)c3-n3c4ccccc4c4ccccc43)c21. The van der Waals surface area contributed by atoms with Gasteiger partial charge < -0.3 is 18.3 Å². The molecule has 4 heterocycles. The molecule has 0 unspecified atom stereocenters. The first kappa shape index (κ1) is 44.7. The number of hydrogen-bond acceptors (Lipinski definition) is 2. The van der Waals surface area contributed by atoms with E-state index in [1.807, 2.05) is 0 Å². The van der Waals surface area contributed by atoms with E-state index in [0.717, 1.165) is 98.4 Å². The highest BCUT2D eigenvalue weighted by Crippen LogP contribution is 2.57. The maximum atomic E-state index is 13.1. The summed E-state index contributed by atoms with van der Waals surface area (Å²) in [5.41, 5.74) is 19.9. The summed E-state index contributed by atoms with van der Waals surface area (Å²) in [5.74, 6) is 0. The highest BCUT2D eigenvalue weighted by Gasteiger charge is 2.42. The Morgan fingerprint density at radius 1 is 0.275 bits per heavy atom. The maximum Gasteiger partial charge on any atom is 0.104 e. The van der Waals surface area contributed by atoms with Crippen molar-refractivity contribution in [2.45, 2.75) is 38.5 Å². The summed E-state index contributed by atoms with van der Waals surface area (Å²) >= 11 is 0. The number of benzene rings is 11. The summed E-state index contributed by atoms with van der Waals surface area (Å²) in [4.78, 5) is 0. The lowest BCUT2D eigenvalue weighted by molar-refractivity contribution is 0.660. The first-order valence-corrected chi connectivity index (χ1v) is 27.6. The van der Waals surface area contributed by atoms with E-state index in [4.69, 9.17) is 0 Å². The van der Waals surface area contributed by atoms with Gasteiger partial charge in [-0.3, -0.25) is 0 Å². The molecule has 0 saturated heterocycles. The first-order chi connectivity index (χ1) is 39.2. The third kappa shape index (κ3) is 5.40. The second-order valence-electron chi connectivity index (χ2n) is 22.9. The normalized spacial score (nSPS) is 13.9. The van der Waals surface area contributed by atoms with Crippen LogP contribution in [0.2, 0.25) is 0 Å². The minimum absolute atomic E-state index is 0.324. The Bertz CT molecular complexity index is 4960. The molecule has 0 radical (unpaired) electrons. The molecule has 17 rings (SSSR count). The standard InChI is InChI=1S/C74H48N6/c1-73(2)55-29-13-5-27-51(55)65-57(73)39-37-49-47-25-11-19-35-63(47)79(67(49)65)71-53(41-75)70(78-61-33-17-9-23-45(61)46-24-10-18-34-62(46)78)72(54(42-76)69(71)77-59-31-15-7-21-43(59)44-22-8-16-32-60(44)77)80-64-36-20-12-26-48(64)50-38-40-58-66(68(50)80)52-28-6-14-30-56(52)74(58,3)4/h5-40H,1-4H3. The molecule has 6 heteroatoms. The van der Waals surface area contributed by atoms with Crippen LogP contribution in [-0.4, -0.2) is 18.3 Å². The largest absolute Gasteiger partial charge is 0.306 e. The van der Waals surface area contributed by atoms with Crippen molar-refractivity contribution in [1.82, 2.24) is 18.3 Å². The molecule has 374 valence electrons. The van der Waals surface area contributed by atoms with E-state index >= 15 is 0 Å². The van der Waals surface area contributed by atoms with E-state index < -0.39 is 0 Å². The van der Waals surface area contributed by atoms with Gasteiger partial charge in [0.25, 0.3) is 0 Å². The Balaban J connectivity index is 1.20. The van der Waals surface area contributed by atoms with E-state index in [2.05, 4.69) is 276 Å². The van der Waals surface area contributed by atoms with Crippen molar-refractivity contribution in [2.75, 3.05) is 0 Å². The molecule has 80 heavy (non-hydrogen) atoms. The van der Waals surface area contributed by atoms with Crippen LogP contribution < -0.4 is 0 Å². The summed E-state index contributed by atoms with van der Waals surface area (Å²) in [6.07, 6.45) is 0. The van der Waals surface area contributed by atoms with E-state index in [-0.39, 0.29) is 10.8 Å². The van der Waals surface area contributed by atoms with Gasteiger partial charge in [-0.05, 0) is 69.8 Å². The lowest BCUT2D eigenvalue weighted by Crippen LogP contribution is -2.17. The fourth-order valence-electron chi connectivity index (χ4n) is 15.1. The lowest BCUT2D eigenvalue weighted by atomic mass is 9.82. The number of para-hydroxylation sites is 6. The number of rotatable bonds is 4. The average molecular weight is 1020 g/mol. The van der Waals surface area contributed by atoms with Crippen LogP contribution in [-0.2, 0) is 10.8 Å². The number of hydrogen-bond donors (Lipinski definition) is 0. The molecule has 0 spiro atoms. The molecule has 0 N–H and O–H groups in total. The average Bonchev–Trinajstić information content (AvgIpc) is 4.39. The monoisotopic (exact) mass is 1020 g/mol. The third-order valence-corrected chi connectivity index (χ3v) is 18.4. The molecule has 6 nitrogen and oxygen atoms in total. The Morgan fingerprint density at radius 3 is 0.863 bits per heavy atom. The zero-order valence-corrected chi connectivity index (χ0v) is 44.5. The van der Waals surface area contributed by atoms with Crippen LogP contribution in [0.25, 0.3) is 132 Å². The van der Waals surface area contributed by atoms with Gasteiger partial charge in [0.15, 0.2) is 0 Å². The number of nitrogens with zero attached hydrogens (tertiary/aromatic N) is 6. The maximum absolute atomic E-state index is 13.1. The fraction of sp³-hybridized carbons (Fsp3) is 0.0811. The second kappa shape index (κ2) is 15.6. The highest BCUT2D eigenvalue weighted by molar-refractivity contribution is 6.20. The molecule has 0 amide bonds. The van der Waals surface area contributed by atoms with Crippen molar-refractivity contribution in [3.63, 3.8) is 0 Å². The fourth-order valence-corrected chi connectivity index (χ4v) is 15.1. The lowest BCUT2D eigenvalue weighted by Gasteiger charge is -2.27. The van der Waals surface area contributed by atoms with E-state index in [9.17, 15) is 10.5 Å². The molecular weight excluding hydrogens is 973 g/mol. The van der Waals surface area contributed by atoms with Crippen molar-refractivity contribution in [1.29, 1.82) is 10.5 Å². The molecular formula is C74H48N6. The first-order valence-electron chi connectivity index (χ1n) is 27.6. The Hall–Kier alpha value is -10.4. The van der Waals surface area contributed by atoms with Gasteiger partial charge in [0.1, 0.15) is 23.3 Å². The van der Waals surface area contributed by atoms with Crippen LogP contribution in [0.15, 0.2) is 218 Å². The van der Waals surface area contributed by atoms with Gasteiger partial charge in [0.05, 0.1) is 66.9 Å². The predicted octanol–water partition coefficient (Wildman–Crippen LogP) is 18.4. The van der Waals surface area contributed by atoms with Gasteiger partial charge in [0.2, 0.25) is 0 Å². The van der Waals surface area contributed by atoms with Crippen LogP contribution in [0.4, 0.5) is 0 Å². The van der Waals surface area contributed by atoms with E-state index in [1.165, 1.54) is 33.4 Å². The van der Waals surface area contributed by atoms with Crippen LogP contribution in [0.5, 0.6) is 0 Å². The zero-order chi connectivity index (χ0) is 53.5. The topological polar surface area (TPSA) is 67.3 Å². The van der Waals surface area contributed by atoms with E-state index in [1.54, 1.807) is 0 Å². The zero-order valence-electron chi connectivity index (χ0n) is 44.5. The number of aromatic nitrogens is 4. The molecule has 0 saturated carbocycles. The van der Waals surface area contributed by atoms with Crippen LogP contribution in [0, 0.1) is 22.7 Å². The van der Waals surface area contributed by atoms with Gasteiger partial charge in [-0.2, -0.15) is 10.5 Å². The van der Waals surface area contributed by atoms with Gasteiger partial charge in [-0.25, -0.2) is 0 Å². The van der Waals surface area contributed by atoms with Gasteiger partial charge in [-0.1, -0.05) is 210 Å². The number of fused-ring (bicyclic) bond motifs is 20.